The van der Waals surface area contributed by atoms with E-state index in [1.165, 1.54) is 10.2 Å². The van der Waals surface area contributed by atoms with Crippen molar-refractivity contribution < 1.29 is 13.2 Å². The van der Waals surface area contributed by atoms with E-state index in [1.807, 2.05) is 24.3 Å². The third-order valence-corrected chi connectivity index (χ3v) is 8.74. The standard InChI is InChI=1S/C26H31N5O3S/c1-35(33,34)31-18-21(17-27)23-16-20(9-10-24(23)31)6-5-13-29-14-11-26(12-15-29)25(32)28-19-30(26)22-7-3-2-4-8-22/h2-4,7-10,18,20H,5-6,11-16,19H2,1H3,(H,28,32). The molecule has 1 atom stereocenters. The second-order valence-electron chi connectivity index (χ2n) is 9.84. The Morgan fingerprint density at radius 3 is 2.63 bits per heavy atom. The topological polar surface area (TPSA) is 98.4 Å². The number of allylic oxidation sites excluding steroid dienone is 1. The van der Waals surface area contributed by atoms with Gasteiger partial charge in [0.2, 0.25) is 15.9 Å². The smallest absolute Gasteiger partial charge is 0.247 e. The maximum atomic E-state index is 12.8. The van der Waals surface area contributed by atoms with Gasteiger partial charge in [-0.05, 0) is 68.3 Å². The number of amides is 1. The molecule has 1 aliphatic carbocycles. The van der Waals surface area contributed by atoms with Crippen LogP contribution in [0, 0.1) is 17.2 Å². The molecule has 184 valence electrons. The number of carbonyl (C=O) groups is 1. The zero-order valence-corrected chi connectivity index (χ0v) is 20.8. The fourth-order valence-electron chi connectivity index (χ4n) is 5.81. The summed E-state index contributed by atoms with van der Waals surface area (Å²) >= 11 is 0. The van der Waals surface area contributed by atoms with Crippen LogP contribution < -0.4 is 10.2 Å². The minimum Gasteiger partial charge on any atom is -0.339 e. The van der Waals surface area contributed by atoms with Crippen molar-refractivity contribution in [2.75, 3.05) is 37.5 Å². The maximum Gasteiger partial charge on any atom is 0.247 e. The first-order valence-electron chi connectivity index (χ1n) is 12.2. The van der Waals surface area contributed by atoms with E-state index >= 15 is 0 Å². The molecule has 2 saturated heterocycles. The molecule has 1 spiro atoms. The predicted octanol–water partition coefficient (Wildman–Crippen LogP) is 2.56. The van der Waals surface area contributed by atoms with Gasteiger partial charge in [-0.25, -0.2) is 12.4 Å². The van der Waals surface area contributed by atoms with E-state index in [2.05, 4.69) is 39.4 Å². The molecule has 2 fully saturated rings. The normalized spacial score (nSPS) is 21.7. The Kier molecular flexibility index (Phi) is 6.20. The number of carbonyl (C=O) groups excluding carboxylic acids is 1. The van der Waals surface area contributed by atoms with Gasteiger partial charge in [0.25, 0.3) is 0 Å². The third-order valence-electron chi connectivity index (χ3n) is 7.73. The Bertz CT molecular complexity index is 1280. The van der Waals surface area contributed by atoms with Crippen molar-refractivity contribution >= 4 is 27.7 Å². The van der Waals surface area contributed by atoms with E-state index in [0.717, 1.165) is 62.8 Å². The van der Waals surface area contributed by atoms with Crippen LogP contribution in [0.4, 0.5) is 5.69 Å². The highest BCUT2D eigenvalue weighted by molar-refractivity contribution is 7.89. The highest BCUT2D eigenvalue weighted by Gasteiger charge is 2.50. The van der Waals surface area contributed by atoms with E-state index < -0.39 is 15.6 Å². The molecule has 0 saturated carbocycles. The molecule has 9 heteroatoms. The van der Waals surface area contributed by atoms with E-state index in [4.69, 9.17) is 0 Å². The van der Waals surface area contributed by atoms with Crippen LogP contribution in [0.3, 0.4) is 0 Å². The molecule has 1 amide bonds. The summed E-state index contributed by atoms with van der Waals surface area (Å²) in [5, 5.41) is 12.5. The van der Waals surface area contributed by atoms with Crippen LogP contribution in [0.2, 0.25) is 0 Å². The van der Waals surface area contributed by atoms with Gasteiger partial charge in [-0.3, -0.25) is 4.79 Å². The molecule has 3 aliphatic rings. The first kappa shape index (κ1) is 23.6. The zero-order valence-electron chi connectivity index (χ0n) is 20.0. The summed E-state index contributed by atoms with van der Waals surface area (Å²) in [7, 11) is -3.44. The largest absolute Gasteiger partial charge is 0.339 e. The molecule has 1 N–H and O–H groups in total. The fourth-order valence-corrected chi connectivity index (χ4v) is 6.63. The number of piperidine rings is 1. The third kappa shape index (κ3) is 4.37. The van der Waals surface area contributed by atoms with Gasteiger partial charge in [-0.1, -0.05) is 24.3 Å². The lowest BCUT2D eigenvalue weighted by Crippen LogP contribution is -2.56. The number of aromatic nitrogens is 1. The quantitative estimate of drug-likeness (QED) is 0.664. The summed E-state index contributed by atoms with van der Waals surface area (Å²) < 4.78 is 25.3. The SMILES string of the molecule is CS(=O)(=O)n1cc(C#N)c2c1C=CC(CCCN1CCC3(CC1)C(=O)NCN3c1ccccc1)C2. The number of nitrogens with zero attached hydrogens (tertiary/aromatic N) is 4. The molecule has 0 bridgehead atoms. The van der Waals surface area contributed by atoms with Gasteiger partial charge in [0.05, 0.1) is 24.2 Å². The lowest BCUT2D eigenvalue weighted by molar-refractivity contribution is -0.125. The number of para-hydroxylation sites is 1. The van der Waals surface area contributed by atoms with Crippen LogP contribution in [0.5, 0.6) is 0 Å². The van der Waals surface area contributed by atoms with E-state index in [0.29, 0.717) is 24.3 Å². The Morgan fingerprint density at radius 2 is 1.94 bits per heavy atom. The molecule has 35 heavy (non-hydrogen) atoms. The second-order valence-corrected chi connectivity index (χ2v) is 11.7. The van der Waals surface area contributed by atoms with Crippen LogP contribution in [-0.2, 0) is 21.2 Å². The van der Waals surface area contributed by atoms with Crippen molar-refractivity contribution in [2.45, 2.75) is 37.6 Å². The van der Waals surface area contributed by atoms with Crippen molar-refractivity contribution in [3.8, 4) is 6.07 Å². The van der Waals surface area contributed by atoms with Crippen LogP contribution in [-0.4, -0.2) is 61.3 Å². The first-order chi connectivity index (χ1) is 16.8. The average molecular weight is 494 g/mol. The minimum atomic E-state index is -3.44. The molecule has 0 radical (unpaired) electrons. The molecule has 1 aromatic heterocycles. The number of rotatable bonds is 6. The minimum absolute atomic E-state index is 0.137. The summed E-state index contributed by atoms with van der Waals surface area (Å²) in [5.74, 6) is 0.425. The Hall–Kier alpha value is -3.09. The Labute approximate surface area is 206 Å². The summed E-state index contributed by atoms with van der Waals surface area (Å²) in [4.78, 5) is 17.5. The highest BCUT2D eigenvalue weighted by Crippen LogP contribution is 2.36. The number of benzene rings is 1. The van der Waals surface area contributed by atoms with Gasteiger partial charge in [0.1, 0.15) is 11.6 Å². The first-order valence-corrected chi connectivity index (χ1v) is 14.0. The van der Waals surface area contributed by atoms with E-state index in [9.17, 15) is 18.5 Å². The van der Waals surface area contributed by atoms with Crippen molar-refractivity contribution in [1.82, 2.24) is 14.2 Å². The lowest BCUT2D eigenvalue weighted by Gasteiger charge is -2.43. The van der Waals surface area contributed by atoms with Gasteiger partial charge >= 0.3 is 0 Å². The van der Waals surface area contributed by atoms with Crippen molar-refractivity contribution in [1.29, 1.82) is 5.26 Å². The van der Waals surface area contributed by atoms with E-state index in [1.54, 1.807) is 0 Å². The summed E-state index contributed by atoms with van der Waals surface area (Å²) in [6.45, 7) is 3.30. The van der Waals surface area contributed by atoms with Crippen LogP contribution in [0.25, 0.3) is 6.08 Å². The second kappa shape index (κ2) is 9.17. The van der Waals surface area contributed by atoms with Crippen molar-refractivity contribution in [2.24, 2.45) is 5.92 Å². The van der Waals surface area contributed by atoms with Crippen molar-refractivity contribution in [3.63, 3.8) is 0 Å². The molecule has 2 aliphatic heterocycles. The Balaban J connectivity index is 1.16. The monoisotopic (exact) mass is 493 g/mol. The van der Waals surface area contributed by atoms with Gasteiger partial charge in [0, 0.05) is 25.0 Å². The van der Waals surface area contributed by atoms with Gasteiger partial charge in [-0.15, -0.1) is 0 Å². The molecular formula is C26H31N5O3S. The molecule has 5 rings (SSSR count). The van der Waals surface area contributed by atoms with Crippen molar-refractivity contribution in [3.05, 3.63) is 59.4 Å². The van der Waals surface area contributed by atoms with Gasteiger partial charge < -0.3 is 15.1 Å². The maximum absolute atomic E-state index is 12.8. The summed E-state index contributed by atoms with van der Waals surface area (Å²) in [5.41, 5.74) is 2.52. The molecule has 2 aromatic rings. The summed E-state index contributed by atoms with van der Waals surface area (Å²) in [6.07, 6.45) is 10.8. The highest BCUT2D eigenvalue weighted by atomic mass is 32.2. The number of anilines is 1. The Morgan fingerprint density at radius 1 is 1.20 bits per heavy atom. The fraction of sp³-hybridized carbons (Fsp3) is 0.462. The van der Waals surface area contributed by atoms with Gasteiger partial charge in [0.15, 0.2) is 0 Å². The number of likely N-dealkylation sites (tertiary alicyclic amines) is 1. The lowest BCUT2D eigenvalue weighted by atomic mass is 9.85. The number of hydrogen-bond acceptors (Lipinski definition) is 6. The molecule has 1 unspecified atom stereocenters. The van der Waals surface area contributed by atoms with Gasteiger partial charge in [-0.2, -0.15) is 5.26 Å². The molecule has 3 heterocycles. The average Bonchev–Trinajstić information content (AvgIpc) is 3.38. The van der Waals surface area contributed by atoms with Crippen LogP contribution in [0.15, 0.2) is 42.6 Å². The van der Waals surface area contributed by atoms with E-state index in [-0.39, 0.29) is 11.8 Å². The predicted molar refractivity (Wildman–Crippen MR) is 135 cm³/mol. The number of nitrogens with one attached hydrogen (secondary N) is 1. The number of fused-ring (bicyclic) bond motifs is 1. The molecule has 8 nitrogen and oxygen atoms in total. The van der Waals surface area contributed by atoms with Crippen LogP contribution >= 0.6 is 0 Å². The number of hydrogen-bond donors (Lipinski definition) is 1. The summed E-state index contributed by atoms with van der Waals surface area (Å²) in [6, 6.07) is 12.3. The molecule has 1 aromatic carbocycles. The number of nitriles is 1. The molecular weight excluding hydrogens is 462 g/mol. The van der Waals surface area contributed by atoms with Crippen LogP contribution in [0.1, 0.15) is 42.5 Å². The zero-order chi connectivity index (χ0) is 24.6.